The second-order valence-corrected chi connectivity index (χ2v) is 9.54. The van der Waals surface area contributed by atoms with Crippen LogP contribution >= 0.6 is 0 Å². The largest absolute Gasteiger partial charge is 0.366 e. The van der Waals surface area contributed by atoms with Gasteiger partial charge in [-0.2, -0.15) is 0 Å². The number of aromatic nitrogens is 1. The SMILES string of the molecule is CCc1c(-c2ccc(N3C[C@@H](CC)CC3=O)cc2)ccnc1N1CCN(c2cccc(C(N)=O)c2)C1=O. The molecule has 8 heteroatoms. The van der Waals surface area contributed by atoms with Crippen LogP contribution in [-0.4, -0.2) is 42.5 Å². The van der Waals surface area contributed by atoms with Gasteiger partial charge in [-0.3, -0.25) is 19.4 Å². The van der Waals surface area contributed by atoms with Crippen LogP contribution in [0.25, 0.3) is 11.1 Å². The molecule has 5 rings (SSSR count). The van der Waals surface area contributed by atoms with E-state index < -0.39 is 5.91 Å². The molecule has 3 heterocycles. The summed E-state index contributed by atoms with van der Waals surface area (Å²) in [5.41, 5.74) is 10.4. The first kappa shape index (κ1) is 24.5. The Labute approximate surface area is 216 Å². The fourth-order valence-corrected chi connectivity index (χ4v) is 5.26. The highest BCUT2D eigenvalue weighted by atomic mass is 16.2. The number of pyridine rings is 1. The van der Waals surface area contributed by atoms with Gasteiger partial charge < -0.3 is 10.6 Å². The van der Waals surface area contributed by atoms with E-state index in [-0.39, 0.29) is 11.9 Å². The van der Waals surface area contributed by atoms with Gasteiger partial charge in [-0.25, -0.2) is 9.78 Å². The number of urea groups is 1. The van der Waals surface area contributed by atoms with Crippen LogP contribution in [0.15, 0.2) is 60.8 Å². The third kappa shape index (κ3) is 4.55. The Hall–Kier alpha value is -4.20. The van der Waals surface area contributed by atoms with Crippen molar-refractivity contribution in [3.8, 4) is 11.1 Å². The van der Waals surface area contributed by atoms with Gasteiger partial charge in [0, 0.05) is 54.8 Å². The summed E-state index contributed by atoms with van der Waals surface area (Å²) in [6.07, 6.45) is 4.05. The van der Waals surface area contributed by atoms with E-state index in [1.165, 1.54) is 0 Å². The van der Waals surface area contributed by atoms with Gasteiger partial charge in [0.25, 0.3) is 0 Å². The Morgan fingerprint density at radius 3 is 2.41 bits per heavy atom. The van der Waals surface area contributed by atoms with Crippen LogP contribution in [0.3, 0.4) is 0 Å². The summed E-state index contributed by atoms with van der Waals surface area (Å²) in [5.74, 6) is 0.706. The van der Waals surface area contributed by atoms with Crippen molar-refractivity contribution in [2.45, 2.75) is 33.1 Å². The molecule has 2 aliphatic heterocycles. The van der Waals surface area contributed by atoms with Crippen molar-refractivity contribution in [2.24, 2.45) is 11.7 Å². The Morgan fingerprint density at radius 2 is 1.73 bits per heavy atom. The van der Waals surface area contributed by atoms with Crippen LogP contribution in [0.5, 0.6) is 0 Å². The number of primary amides is 1. The lowest BCUT2D eigenvalue weighted by Crippen LogP contribution is -2.33. The number of hydrogen-bond acceptors (Lipinski definition) is 4. The molecule has 1 atom stereocenters. The third-order valence-electron chi connectivity index (χ3n) is 7.37. The number of nitrogens with two attached hydrogens (primary N) is 1. The van der Waals surface area contributed by atoms with E-state index in [2.05, 4.69) is 18.8 Å². The van der Waals surface area contributed by atoms with Crippen molar-refractivity contribution in [3.05, 3.63) is 71.9 Å². The third-order valence-corrected chi connectivity index (χ3v) is 7.37. The van der Waals surface area contributed by atoms with Gasteiger partial charge in [-0.1, -0.05) is 38.5 Å². The van der Waals surface area contributed by atoms with E-state index in [0.717, 1.165) is 35.3 Å². The van der Waals surface area contributed by atoms with Gasteiger partial charge in [0.2, 0.25) is 11.8 Å². The molecular formula is C29H31N5O3. The highest BCUT2D eigenvalue weighted by Gasteiger charge is 2.33. The predicted molar refractivity (Wildman–Crippen MR) is 145 cm³/mol. The zero-order valence-corrected chi connectivity index (χ0v) is 21.2. The Kier molecular flexibility index (Phi) is 6.65. The number of rotatable bonds is 7. The number of amides is 4. The summed E-state index contributed by atoms with van der Waals surface area (Å²) >= 11 is 0. The molecule has 1 aromatic heterocycles. The summed E-state index contributed by atoms with van der Waals surface area (Å²) in [7, 11) is 0. The summed E-state index contributed by atoms with van der Waals surface area (Å²) in [5, 5.41) is 0. The van der Waals surface area contributed by atoms with Gasteiger partial charge in [0.05, 0.1) is 0 Å². The maximum Gasteiger partial charge on any atom is 0.330 e. The van der Waals surface area contributed by atoms with Crippen LogP contribution in [0.4, 0.5) is 22.0 Å². The first-order chi connectivity index (χ1) is 17.9. The Bertz CT molecular complexity index is 1350. The standard InChI is InChI=1S/C29H31N5O3/c1-3-19-16-26(35)34(18-19)22-10-8-20(9-11-22)25-12-13-31-28(24(25)4-2)33-15-14-32(29(33)37)23-7-5-6-21(17-23)27(30)36/h5-13,17,19H,3-4,14-16,18H2,1-2H3,(H2,30,36)/t19-/m0/s1. The minimum atomic E-state index is -0.529. The lowest BCUT2D eigenvalue weighted by molar-refractivity contribution is -0.117. The second-order valence-electron chi connectivity index (χ2n) is 9.54. The van der Waals surface area contributed by atoms with Gasteiger partial charge in [0.15, 0.2) is 0 Å². The average molecular weight is 498 g/mol. The van der Waals surface area contributed by atoms with Crippen molar-refractivity contribution in [3.63, 3.8) is 0 Å². The first-order valence-electron chi connectivity index (χ1n) is 12.8. The predicted octanol–water partition coefficient (Wildman–Crippen LogP) is 4.62. The van der Waals surface area contributed by atoms with E-state index in [4.69, 9.17) is 5.73 Å². The number of carbonyl (C=O) groups is 3. The number of nitrogens with zero attached hydrogens (tertiary/aromatic N) is 4. The lowest BCUT2D eigenvalue weighted by Gasteiger charge is -2.22. The summed E-state index contributed by atoms with van der Waals surface area (Å²) < 4.78 is 0. The zero-order chi connectivity index (χ0) is 26.1. The van der Waals surface area contributed by atoms with Crippen molar-refractivity contribution in [1.29, 1.82) is 0 Å². The fraction of sp³-hybridized carbons (Fsp3) is 0.310. The second kappa shape index (κ2) is 10.0. The molecule has 0 aliphatic carbocycles. The first-order valence-corrected chi connectivity index (χ1v) is 12.8. The molecule has 8 nitrogen and oxygen atoms in total. The molecule has 2 aromatic carbocycles. The number of anilines is 3. The number of carbonyl (C=O) groups excluding carboxylic acids is 3. The molecule has 2 fully saturated rings. The van der Waals surface area contributed by atoms with E-state index in [1.54, 1.807) is 40.3 Å². The topological polar surface area (TPSA) is 99.8 Å². The van der Waals surface area contributed by atoms with Crippen LogP contribution in [-0.2, 0) is 11.2 Å². The molecule has 37 heavy (non-hydrogen) atoms. The Balaban J connectivity index is 1.42. The molecule has 0 saturated carbocycles. The monoisotopic (exact) mass is 497 g/mol. The fourth-order valence-electron chi connectivity index (χ4n) is 5.26. The quantitative estimate of drug-likeness (QED) is 0.515. The van der Waals surface area contributed by atoms with Crippen molar-refractivity contribution >= 4 is 35.0 Å². The number of benzene rings is 2. The van der Waals surface area contributed by atoms with E-state index in [1.807, 2.05) is 35.2 Å². The lowest BCUT2D eigenvalue weighted by atomic mass is 9.98. The molecular weight excluding hydrogens is 466 g/mol. The van der Waals surface area contributed by atoms with E-state index in [9.17, 15) is 14.4 Å². The normalized spacial score (nSPS) is 17.7. The molecule has 2 N–H and O–H groups in total. The van der Waals surface area contributed by atoms with Gasteiger partial charge in [-0.05, 0) is 59.9 Å². The highest BCUT2D eigenvalue weighted by Crippen LogP contribution is 2.35. The summed E-state index contributed by atoms with van der Waals surface area (Å²) in [4.78, 5) is 47.3. The molecule has 0 unspecified atom stereocenters. The maximum atomic E-state index is 13.4. The van der Waals surface area contributed by atoms with Gasteiger partial charge >= 0.3 is 6.03 Å². The van der Waals surface area contributed by atoms with E-state index >= 15 is 0 Å². The van der Waals surface area contributed by atoms with Crippen LogP contribution in [0.2, 0.25) is 0 Å². The van der Waals surface area contributed by atoms with Crippen LogP contribution < -0.4 is 20.4 Å². The minimum Gasteiger partial charge on any atom is -0.366 e. The van der Waals surface area contributed by atoms with Gasteiger partial charge in [-0.15, -0.1) is 0 Å². The minimum absolute atomic E-state index is 0.179. The van der Waals surface area contributed by atoms with E-state index in [0.29, 0.717) is 48.9 Å². The average Bonchev–Trinajstić information content (AvgIpc) is 3.50. The molecule has 0 spiro atoms. The van der Waals surface area contributed by atoms with Crippen LogP contribution in [0, 0.1) is 5.92 Å². The zero-order valence-electron chi connectivity index (χ0n) is 21.2. The Morgan fingerprint density at radius 1 is 0.973 bits per heavy atom. The van der Waals surface area contributed by atoms with Crippen molar-refractivity contribution in [1.82, 2.24) is 4.98 Å². The molecule has 0 radical (unpaired) electrons. The van der Waals surface area contributed by atoms with Crippen molar-refractivity contribution in [2.75, 3.05) is 34.3 Å². The smallest absolute Gasteiger partial charge is 0.330 e. The molecule has 190 valence electrons. The number of hydrogen-bond donors (Lipinski definition) is 1. The highest BCUT2D eigenvalue weighted by molar-refractivity contribution is 6.07. The summed E-state index contributed by atoms with van der Waals surface area (Å²) in [6, 6.07) is 16.7. The maximum absolute atomic E-state index is 13.4. The molecule has 3 aromatic rings. The van der Waals surface area contributed by atoms with Crippen molar-refractivity contribution < 1.29 is 14.4 Å². The van der Waals surface area contributed by atoms with Crippen LogP contribution in [0.1, 0.15) is 42.6 Å². The summed E-state index contributed by atoms with van der Waals surface area (Å²) in [6.45, 7) is 5.91. The molecule has 2 aliphatic rings. The molecule has 2 saturated heterocycles. The molecule has 4 amide bonds. The molecule has 0 bridgehead atoms. The van der Waals surface area contributed by atoms with Gasteiger partial charge in [0.1, 0.15) is 5.82 Å².